The molecule has 156 valence electrons. The number of rotatable bonds is 4. The van der Waals surface area contributed by atoms with Gasteiger partial charge in [-0.05, 0) is 61.0 Å². The molecule has 7 nitrogen and oxygen atoms in total. The van der Waals surface area contributed by atoms with Crippen molar-refractivity contribution in [2.75, 3.05) is 17.3 Å². The number of carbonyl (C=O) groups is 2. The molecule has 4 aromatic rings. The first kappa shape index (κ1) is 20.2. The van der Waals surface area contributed by atoms with E-state index in [4.69, 9.17) is 0 Å². The van der Waals surface area contributed by atoms with E-state index in [0.29, 0.717) is 17.1 Å². The SMILES string of the molecule is CC(=O)Nc1ccc(-n2cnc3c(C)cc(C(=O)N(C)c4ccc(F)cc4)cc32)cn1. The van der Waals surface area contributed by atoms with Gasteiger partial charge in [-0.3, -0.25) is 14.2 Å². The highest BCUT2D eigenvalue weighted by atomic mass is 19.1. The van der Waals surface area contributed by atoms with E-state index in [9.17, 15) is 14.0 Å². The van der Waals surface area contributed by atoms with Gasteiger partial charge in [-0.15, -0.1) is 0 Å². The Balaban J connectivity index is 1.71. The molecule has 31 heavy (non-hydrogen) atoms. The number of hydrogen-bond donors (Lipinski definition) is 1. The number of nitrogens with zero attached hydrogens (tertiary/aromatic N) is 4. The van der Waals surface area contributed by atoms with Crippen LogP contribution in [0.25, 0.3) is 16.7 Å². The number of imidazole rings is 1. The summed E-state index contributed by atoms with van der Waals surface area (Å²) in [6.07, 6.45) is 3.30. The maximum Gasteiger partial charge on any atom is 0.258 e. The van der Waals surface area contributed by atoms with Gasteiger partial charge in [0.25, 0.3) is 5.91 Å². The summed E-state index contributed by atoms with van der Waals surface area (Å²) in [4.78, 5) is 34.5. The standard InChI is InChI=1S/C23H20FN5O2/c1-14-10-16(23(31)28(3)18-6-4-17(24)5-7-18)11-20-22(14)26-13-29(20)19-8-9-21(25-12-19)27-15(2)30/h4-13H,1-3H3,(H,25,27,30). The zero-order valence-corrected chi connectivity index (χ0v) is 17.3. The van der Waals surface area contributed by atoms with Gasteiger partial charge in [0.15, 0.2) is 0 Å². The maximum atomic E-state index is 13.2. The predicted octanol–water partition coefficient (Wildman–Crippen LogP) is 4.10. The largest absolute Gasteiger partial charge is 0.311 e. The van der Waals surface area contributed by atoms with Gasteiger partial charge in [0.1, 0.15) is 18.0 Å². The van der Waals surface area contributed by atoms with Crippen molar-refractivity contribution in [2.24, 2.45) is 0 Å². The lowest BCUT2D eigenvalue weighted by Gasteiger charge is -2.18. The molecule has 0 aliphatic heterocycles. The van der Waals surface area contributed by atoms with Crippen LogP contribution < -0.4 is 10.2 Å². The van der Waals surface area contributed by atoms with E-state index >= 15 is 0 Å². The zero-order valence-electron chi connectivity index (χ0n) is 17.3. The van der Waals surface area contributed by atoms with Crippen LogP contribution in [-0.4, -0.2) is 33.4 Å². The number of halogens is 1. The van der Waals surface area contributed by atoms with Crippen molar-refractivity contribution in [1.29, 1.82) is 0 Å². The van der Waals surface area contributed by atoms with Crippen molar-refractivity contribution in [3.8, 4) is 5.69 Å². The highest BCUT2D eigenvalue weighted by Gasteiger charge is 2.17. The molecule has 0 fully saturated rings. The number of benzene rings is 2. The van der Waals surface area contributed by atoms with Crippen LogP contribution in [0, 0.1) is 12.7 Å². The highest BCUT2D eigenvalue weighted by molar-refractivity contribution is 6.07. The fraction of sp³-hybridized carbons (Fsp3) is 0.130. The first-order valence-electron chi connectivity index (χ1n) is 9.59. The van der Waals surface area contributed by atoms with Gasteiger partial charge in [0, 0.05) is 25.2 Å². The zero-order chi connectivity index (χ0) is 22.1. The number of aromatic nitrogens is 3. The third kappa shape index (κ3) is 4.00. The van der Waals surface area contributed by atoms with Crippen molar-refractivity contribution >= 4 is 34.4 Å². The molecule has 0 saturated carbocycles. The summed E-state index contributed by atoms with van der Waals surface area (Å²) in [6.45, 7) is 3.32. The van der Waals surface area contributed by atoms with E-state index in [1.807, 2.05) is 17.6 Å². The number of anilines is 2. The van der Waals surface area contributed by atoms with E-state index < -0.39 is 0 Å². The molecular weight excluding hydrogens is 397 g/mol. The van der Waals surface area contributed by atoms with E-state index in [-0.39, 0.29) is 17.6 Å². The molecule has 2 amide bonds. The quantitative estimate of drug-likeness (QED) is 0.542. The fourth-order valence-electron chi connectivity index (χ4n) is 3.38. The topological polar surface area (TPSA) is 80.1 Å². The van der Waals surface area contributed by atoms with Crippen LogP contribution in [0.2, 0.25) is 0 Å². The van der Waals surface area contributed by atoms with Crippen LogP contribution in [0.4, 0.5) is 15.9 Å². The third-order valence-electron chi connectivity index (χ3n) is 4.94. The molecule has 0 unspecified atom stereocenters. The monoisotopic (exact) mass is 417 g/mol. The van der Waals surface area contributed by atoms with Crippen LogP contribution in [0.1, 0.15) is 22.8 Å². The summed E-state index contributed by atoms with van der Waals surface area (Å²) in [5.41, 5.74) is 4.20. The Morgan fingerprint density at radius 1 is 1.06 bits per heavy atom. The van der Waals surface area contributed by atoms with Crippen molar-refractivity contribution < 1.29 is 14.0 Å². The van der Waals surface area contributed by atoms with E-state index in [1.54, 1.807) is 49.9 Å². The number of carbonyl (C=O) groups excluding carboxylic acids is 2. The molecule has 0 saturated heterocycles. The first-order chi connectivity index (χ1) is 14.8. The van der Waals surface area contributed by atoms with Gasteiger partial charge < -0.3 is 10.2 Å². The number of aryl methyl sites for hydroxylation is 1. The molecule has 2 aromatic heterocycles. The Kier molecular flexibility index (Phi) is 5.21. The Morgan fingerprint density at radius 2 is 1.81 bits per heavy atom. The Labute approximate surface area is 178 Å². The van der Waals surface area contributed by atoms with Crippen LogP contribution in [0.15, 0.2) is 61.1 Å². The highest BCUT2D eigenvalue weighted by Crippen LogP contribution is 2.25. The van der Waals surface area contributed by atoms with Crippen LogP contribution in [0.5, 0.6) is 0 Å². The molecule has 0 atom stereocenters. The van der Waals surface area contributed by atoms with Crippen LogP contribution in [-0.2, 0) is 4.79 Å². The number of fused-ring (bicyclic) bond motifs is 1. The molecule has 0 bridgehead atoms. The van der Waals surface area contributed by atoms with Gasteiger partial charge in [-0.1, -0.05) is 0 Å². The van der Waals surface area contributed by atoms with Crippen molar-refractivity contribution in [3.05, 3.63) is 78.0 Å². The second kappa shape index (κ2) is 7.98. The molecule has 2 aromatic carbocycles. The number of hydrogen-bond acceptors (Lipinski definition) is 4. The molecule has 1 N–H and O–H groups in total. The molecule has 0 spiro atoms. The Hall–Kier alpha value is -4.07. The summed E-state index contributed by atoms with van der Waals surface area (Å²) in [7, 11) is 1.65. The van der Waals surface area contributed by atoms with Crippen molar-refractivity contribution in [3.63, 3.8) is 0 Å². The van der Waals surface area contributed by atoms with Crippen LogP contribution >= 0.6 is 0 Å². The Bertz CT molecular complexity index is 1280. The lowest BCUT2D eigenvalue weighted by molar-refractivity contribution is -0.114. The van der Waals surface area contributed by atoms with Gasteiger partial charge >= 0.3 is 0 Å². The molecule has 0 aliphatic carbocycles. The maximum absolute atomic E-state index is 13.2. The number of amides is 2. The van der Waals surface area contributed by atoms with E-state index in [1.165, 1.54) is 24.0 Å². The summed E-state index contributed by atoms with van der Waals surface area (Å²) in [6, 6.07) is 12.8. The van der Waals surface area contributed by atoms with E-state index in [0.717, 1.165) is 22.3 Å². The third-order valence-corrected chi connectivity index (χ3v) is 4.94. The first-order valence-corrected chi connectivity index (χ1v) is 9.59. The van der Waals surface area contributed by atoms with Gasteiger partial charge in [0.2, 0.25) is 5.91 Å². The van der Waals surface area contributed by atoms with Gasteiger partial charge in [0.05, 0.1) is 22.9 Å². The fourth-order valence-corrected chi connectivity index (χ4v) is 3.38. The van der Waals surface area contributed by atoms with Gasteiger partial charge in [-0.25, -0.2) is 14.4 Å². The van der Waals surface area contributed by atoms with Crippen molar-refractivity contribution in [1.82, 2.24) is 14.5 Å². The average molecular weight is 417 g/mol. The lowest BCUT2D eigenvalue weighted by atomic mass is 10.1. The summed E-state index contributed by atoms with van der Waals surface area (Å²) in [5.74, 6) is -0.321. The molecule has 2 heterocycles. The summed E-state index contributed by atoms with van der Waals surface area (Å²) in [5, 5.41) is 2.63. The molecule has 0 radical (unpaired) electrons. The number of nitrogens with one attached hydrogen (secondary N) is 1. The Morgan fingerprint density at radius 3 is 2.45 bits per heavy atom. The lowest BCUT2D eigenvalue weighted by Crippen LogP contribution is -2.26. The molecule has 4 rings (SSSR count). The summed E-state index contributed by atoms with van der Waals surface area (Å²) >= 11 is 0. The smallest absolute Gasteiger partial charge is 0.258 e. The minimum atomic E-state index is -0.358. The van der Waals surface area contributed by atoms with Crippen molar-refractivity contribution in [2.45, 2.75) is 13.8 Å². The van der Waals surface area contributed by atoms with Gasteiger partial charge in [-0.2, -0.15) is 0 Å². The minimum absolute atomic E-state index is 0.197. The molecule has 0 aliphatic rings. The average Bonchev–Trinajstić information content (AvgIpc) is 3.18. The van der Waals surface area contributed by atoms with E-state index in [2.05, 4.69) is 15.3 Å². The second-order valence-electron chi connectivity index (χ2n) is 7.20. The number of pyridine rings is 1. The predicted molar refractivity (Wildman–Crippen MR) is 117 cm³/mol. The normalized spacial score (nSPS) is 10.8. The molecule has 8 heteroatoms. The summed E-state index contributed by atoms with van der Waals surface area (Å²) < 4.78 is 15.1. The molecular formula is C23H20FN5O2. The minimum Gasteiger partial charge on any atom is -0.311 e. The second-order valence-corrected chi connectivity index (χ2v) is 7.20. The van der Waals surface area contributed by atoms with Crippen LogP contribution in [0.3, 0.4) is 0 Å².